The van der Waals surface area contributed by atoms with Gasteiger partial charge in [0.2, 0.25) is 0 Å². The van der Waals surface area contributed by atoms with Crippen LogP contribution in [0.15, 0.2) is 12.3 Å². The number of ether oxygens (including phenoxy) is 1. The summed E-state index contributed by atoms with van der Waals surface area (Å²) in [6.45, 7) is 7.40. The van der Waals surface area contributed by atoms with Gasteiger partial charge in [0.05, 0.1) is 24.2 Å². The van der Waals surface area contributed by atoms with E-state index < -0.39 is 0 Å². The summed E-state index contributed by atoms with van der Waals surface area (Å²) in [4.78, 5) is 2.23. The van der Waals surface area contributed by atoms with Gasteiger partial charge in [0, 0.05) is 39.4 Å². The molecule has 0 aromatic carbocycles. The Balaban J connectivity index is 2.62. The van der Waals surface area contributed by atoms with Crippen molar-refractivity contribution >= 4 is 5.84 Å². The summed E-state index contributed by atoms with van der Waals surface area (Å²) in [5.41, 5.74) is 6.51. The van der Waals surface area contributed by atoms with Gasteiger partial charge >= 0.3 is 0 Å². The van der Waals surface area contributed by atoms with Crippen molar-refractivity contribution in [3.05, 3.63) is 18.0 Å². The molecule has 0 saturated heterocycles. The SMILES string of the molecule is CCC(CC)n1ccc(CN(CCOC)CCC(=N)N)n1. The maximum atomic E-state index is 7.35. The van der Waals surface area contributed by atoms with E-state index in [1.165, 1.54) is 0 Å². The second kappa shape index (κ2) is 9.52. The molecule has 6 nitrogen and oxygen atoms in total. The lowest BCUT2D eigenvalue weighted by atomic mass is 10.2. The molecule has 120 valence electrons. The Morgan fingerprint density at radius 1 is 1.43 bits per heavy atom. The molecule has 6 heteroatoms. The van der Waals surface area contributed by atoms with Crippen LogP contribution in [0.1, 0.15) is 44.8 Å². The lowest BCUT2D eigenvalue weighted by Gasteiger charge is -2.20. The van der Waals surface area contributed by atoms with Gasteiger partial charge in [-0.3, -0.25) is 15.0 Å². The summed E-state index contributed by atoms with van der Waals surface area (Å²) in [5, 5.41) is 12.0. The molecule has 3 N–H and O–H groups in total. The van der Waals surface area contributed by atoms with Crippen LogP contribution in [0.3, 0.4) is 0 Å². The van der Waals surface area contributed by atoms with Gasteiger partial charge in [0.25, 0.3) is 0 Å². The van der Waals surface area contributed by atoms with Crippen LogP contribution >= 0.6 is 0 Å². The third-order valence-corrected chi connectivity index (χ3v) is 3.67. The number of rotatable bonds is 11. The minimum absolute atomic E-state index is 0.222. The molecule has 21 heavy (non-hydrogen) atoms. The summed E-state index contributed by atoms with van der Waals surface area (Å²) in [5.74, 6) is 0.222. The molecule has 0 bridgehead atoms. The molecule has 0 aliphatic carbocycles. The van der Waals surface area contributed by atoms with E-state index in [1.54, 1.807) is 7.11 Å². The first-order valence-corrected chi connectivity index (χ1v) is 7.68. The van der Waals surface area contributed by atoms with Crippen LogP contribution in [0.2, 0.25) is 0 Å². The fourth-order valence-corrected chi connectivity index (χ4v) is 2.33. The summed E-state index contributed by atoms with van der Waals surface area (Å²) in [6.07, 6.45) is 4.83. The van der Waals surface area contributed by atoms with Gasteiger partial charge in [-0.2, -0.15) is 5.10 Å². The summed E-state index contributed by atoms with van der Waals surface area (Å²) < 4.78 is 7.21. The zero-order valence-electron chi connectivity index (χ0n) is 13.5. The zero-order valence-corrected chi connectivity index (χ0v) is 13.5. The largest absolute Gasteiger partial charge is 0.388 e. The quantitative estimate of drug-likeness (QED) is 0.483. The lowest BCUT2D eigenvalue weighted by molar-refractivity contribution is 0.144. The topological polar surface area (TPSA) is 80.2 Å². The van der Waals surface area contributed by atoms with Crippen molar-refractivity contribution in [1.82, 2.24) is 14.7 Å². The molecular formula is C15H29N5O. The Morgan fingerprint density at radius 3 is 2.71 bits per heavy atom. The van der Waals surface area contributed by atoms with Crippen molar-refractivity contribution in [3.63, 3.8) is 0 Å². The van der Waals surface area contributed by atoms with Gasteiger partial charge in [-0.05, 0) is 18.9 Å². The smallest absolute Gasteiger partial charge is 0.0918 e. The Hall–Kier alpha value is -1.40. The standard InChI is InChI=1S/C15H29N5O/c1-4-14(5-2)20-9-6-13(18-20)12-19(10-11-21-3)8-7-15(16)17/h6,9,14H,4-5,7-8,10-12H2,1-3H3,(H3,16,17). The second-order valence-corrected chi connectivity index (χ2v) is 5.30. The Kier molecular flexibility index (Phi) is 8.00. The van der Waals surface area contributed by atoms with E-state index in [2.05, 4.69) is 40.8 Å². The monoisotopic (exact) mass is 295 g/mol. The number of hydrogen-bond donors (Lipinski definition) is 2. The number of methoxy groups -OCH3 is 1. The van der Waals surface area contributed by atoms with E-state index in [0.717, 1.165) is 38.2 Å². The van der Waals surface area contributed by atoms with E-state index in [9.17, 15) is 0 Å². The molecule has 0 amide bonds. The lowest BCUT2D eigenvalue weighted by Crippen LogP contribution is -2.30. The summed E-state index contributed by atoms with van der Waals surface area (Å²) >= 11 is 0. The fraction of sp³-hybridized carbons (Fsp3) is 0.733. The molecule has 0 fully saturated rings. The first-order chi connectivity index (χ1) is 10.1. The second-order valence-electron chi connectivity index (χ2n) is 5.30. The van der Waals surface area contributed by atoms with Crippen molar-refractivity contribution in [2.75, 3.05) is 26.8 Å². The number of aromatic nitrogens is 2. The minimum Gasteiger partial charge on any atom is -0.388 e. The Bertz CT molecular complexity index is 414. The van der Waals surface area contributed by atoms with Gasteiger partial charge in [-0.15, -0.1) is 0 Å². The Morgan fingerprint density at radius 2 is 2.14 bits per heavy atom. The molecule has 1 heterocycles. The maximum Gasteiger partial charge on any atom is 0.0918 e. The number of nitrogens with zero attached hydrogens (tertiary/aromatic N) is 3. The number of hydrogen-bond acceptors (Lipinski definition) is 4. The van der Waals surface area contributed by atoms with E-state index in [-0.39, 0.29) is 5.84 Å². The average Bonchev–Trinajstić information content (AvgIpc) is 2.91. The van der Waals surface area contributed by atoms with Crippen LogP contribution in [0.25, 0.3) is 0 Å². The third-order valence-electron chi connectivity index (χ3n) is 3.67. The highest BCUT2D eigenvalue weighted by Crippen LogP contribution is 2.15. The van der Waals surface area contributed by atoms with Crippen LogP contribution in [-0.4, -0.2) is 47.3 Å². The summed E-state index contributed by atoms with van der Waals surface area (Å²) in [6, 6.07) is 2.55. The number of amidine groups is 1. The molecule has 1 rings (SSSR count). The molecule has 0 aliphatic rings. The minimum atomic E-state index is 0.222. The molecule has 0 unspecified atom stereocenters. The zero-order chi connectivity index (χ0) is 15.7. The van der Waals surface area contributed by atoms with Crippen molar-refractivity contribution in [2.24, 2.45) is 5.73 Å². The first-order valence-electron chi connectivity index (χ1n) is 7.68. The maximum absolute atomic E-state index is 7.35. The van der Waals surface area contributed by atoms with Crippen LogP contribution in [0.4, 0.5) is 0 Å². The van der Waals surface area contributed by atoms with Gasteiger partial charge in [-0.25, -0.2) is 0 Å². The van der Waals surface area contributed by atoms with Gasteiger partial charge in [0.15, 0.2) is 0 Å². The molecule has 0 atom stereocenters. The summed E-state index contributed by atoms with van der Waals surface area (Å²) in [7, 11) is 1.70. The van der Waals surface area contributed by atoms with E-state index >= 15 is 0 Å². The molecule has 1 aromatic heterocycles. The molecular weight excluding hydrogens is 266 g/mol. The van der Waals surface area contributed by atoms with Crippen LogP contribution in [0, 0.1) is 5.41 Å². The number of nitrogens with one attached hydrogen (secondary N) is 1. The van der Waals surface area contributed by atoms with Crippen molar-refractivity contribution in [1.29, 1.82) is 5.41 Å². The molecule has 0 spiro atoms. The highest BCUT2D eigenvalue weighted by Gasteiger charge is 2.11. The fourth-order valence-electron chi connectivity index (χ4n) is 2.33. The molecule has 1 aromatic rings. The number of nitrogens with two attached hydrogens (primary N) is 1. The van der Waals surface area contributed by atoms with E-state index in [1.807, 2.05) is 0 Å². The van der Waals surface area contributed by atoms with Gasteiger partial charge < -0.3 is 10.5 Å². The van der Waals surface area contributed by atoms with Crippen molar-refractivity contribution in [2.45, 2.75) is 45.7 Å². The highest BCUT2D eigenvalue weighted by atomic mass is 16.5. The molecule has 0 radical (unpaired) electrons. The normalized spacial score (nSPS) is 11.5. The van der Waals surface area contributed by atoms with Crippen molar-refractivity contribution in [3.8, 4) is 0 Å². The molecule has 0 saturated carbocycles. The first kappa shape index (κ1) is 17.7. The predicted molar refractivity (Wildman–Crippen MR) is 85.5 cm³/mol. The Labute approximate surface area is 127 Å². The van der Waals surface area contributed by atoms with E-state index in [4.69, 9.17) is 15.9 Å². The third kappa shape index (κ3) is 6.27. The van der Waals surface area contributed by atoms with Crippen molar-refractivity contribution < 1.29 is 4.74 Å². The van der Waals surface area contributed by atoms with Crippen LogP contribution in [-0.2, 0) is 11.3 Å². The van der Waals surface area contributed by atoms with Gasteiger partial charge in [-0.1, -0.05) is 13.8 Å². The van der Waals surface area contributed by atoms with Crippen LogP contribution < -0.4 is 5.73 Å². The average molecular weight is 295 g/mol. The molecule has 0 aliphatic heterocycles. The highest BCUT2D eigenvalue weighted by molar-refractivity contribution is 5.76. The van der Waals surface area contributed by atoms with Gasteiger partial charge in [0.1, 0.15) is 0 Å². The van der Waals surface area contributed by atoms with Crippen LogP contribution in [0.5, 0.6) is 0 Å². The van der Waals surface area contributed by atoms with E-state index in [0.29, 0.717) is 19.1 Å². The predicted octanol–water partition coefficient (Wildman–Crippen LogP) is 2.02.